The van der Waals surface area contributed by atoms with E-state index in [-0.39, 0.29) is 0 Å². The van der Waals surface area contributed by atoms with Gasteiger partial charge in [-0.05, 0) is 37.5 Å². The third-order valence-electron chi connectivity index (χ3n) is 3.31. The van der Waals surface area contributed by atoms with E-state index in [1.165, 1.54) is 5.56 Å². The lowest BCUT2D eigenvalue weighted by Crippen LogP contribution is -2.05. The summed E-state index contributed by atoms with van der Waals surface area (Å²) >= 11 is 6.27. The van der Waals surface area contributed by atoms with Crippen molar-refractivity contribution < 1.29 is 0 Å². The van der Waals surface area contributed by atoms with Gasteiger partial charge in [0, 0.05) is 22.8 Å². The second-order valence-corrected chi connectivity index (χ2v) is 4.97. The zero-order valence-corrected chi connectivity index (χ0v) is 12.3. The topological polar surface area (TPSA) is 37.8 Å². The minimum Gasteiger partial charge on any atom is -0.366 e. The van der Waals surface area contributed by atoms with Gasteiger partial charge in [0.15, 0.2) is 0 Å². The molecular weight excluding hydrogens is 258 g/mol. The second-order valence-electron chi connectivity index (χ2n) is 4.57. The quantitative estimate of drug-likeness (QED) is 0.919. The number of nitrogens with zero attached hydrogens (tertiary/aromatic N) is 2. The van der Waals surface area contributed by atoms with Gasteiger partial charge in [-0.3, -0.25) is 0 Å². The van der Waals surface area contributed by atoms with Gasteiger partial charge < -0.3 is 5.32 Å². The Morgan fingerprint density at radius 2 is 2.00 bits per heavy atom. The normalized spacial score (nSPS) is 10.5. The summed E-state index contributed by atoms with van der Waals surface area (Å²) in [5.41, 5.74) is 4.39. The summed E-state index contributed by atoms with van der Waals surface area (Å²) in [6.07, 6.45) is 2.57. The fourth-order valence-corrected chi connectivity index (χ4v) is 2.12. The molecule has 0 aliphatic heterocycles. The van der Waals surface area contributed by atoms with Crippen molar-refractivity contribution >= 4 is 17.4 Å². The number of aromatic nitrogens is 2. The van der Waals surface area contributed by atoms with E-state index in [0.717, 1.165) is 34.1 Å². The van der Waals surface area contributed by atoms with Crippen molar-refractivity contribution in [2.45, 2.75) is 33.7 Å². The highest BCUT2D eigenvalue weighted by Crippen LogP contribution is 2.20. The highest BCUT2D eigenvalue weighted by atomic mass is 35.5. The monoisotopic (exact) mass is 275 g/mol. The molecular formula is C15H18ClN3. The van der Waals surface area contributed by atoms with Gasteiger partial charge in [0.25, 0.3) is 0 Å². The Kier molecular flexibility index (Phi) is 4.38. The van der Waals surface area contributed by atoms with E-state index in [0.29, 0.717) is 6.54 Å². The molecule has 0 saturated carbocycles. The van der Waals surface area contributed by atoms with E-state index in [2.05, 4.69) is 34.3 Å². The Labute approximate surface area is 119 Å². The van der Waals surface area contributed by atoms with Gasteiger partial charge in [0.1, 0.15) is 12.1 Å². The van der Waals surface area contributed by atoms with Gasteiger partial charge in [-0.15, -0.1) is 0 Å². The SMILES string of the molecule is CCc1ccc(CNc2ncnc(C)c2C)c(Cl)c1. The van der Waals surface area contributed by atoms with E-state index >= 15 is 0 Å². The van der Waals surface area contributed by atoms with Gasteiger partial charge >= 0.3 is 0 Å². The number of aryl methyl sites for hydroxylation is 2. The average Bonchev–Trinajstić information content (AvgIpc) is 2.41. The lowest BCUT2D eigenvalue weighted by molar-refractivity contribution is 1.02. The third-order valence-corrected chi connectivity index (χ3v) is 3.66. The summed E-state index contributed by atoms with van der Waals surface area (Å²) < 4.78 is 0. The van der Waals surface area contributed by atoms with Crippen LogP contribution in [0.4, 0.5) is 5.82 Å². The Balaban J connectivity index is 2.12. The molecule has 4 heteroatoms. The van der Waals surface area contributed by atoms with Crippen molar-refractivity contribution in [2.24, 2.45) is 0 Å². The molecule has 2 aromatic rings. The van der Waals surface area contributed by atoms with Crippen LogP contribution >= 0.6 is 11.6 Å². The van der Waals surface area contributed by atoms with Crippen LogP contribution in [0.2, 0.25) is 5.02 Å². The first kappa shape index (κ1) is 13.8. The molecule has 3 nitrogen and oxygen atoms in total. The van der Waals surface area contributed by atoms with E-state index in [1.807, 2.05) is 19.9 Å². The third kappa shape index (κ3) is 3.24. The minimum atomic E-state index is 0.667. The molecule has 0 radical (unpaired) electrons. The molecule has 0 atom stereocenters. The smallest absolute Gasteiger partial charge is 0.132 e. The molecule has 0 bridgehead atoms. The Hall–Kier alpha value is -1.61. The molecule has 0 fully saturated rings. The first-order valence-electron chi connectivity index (χ1n) is 6.41. The lowest BCUT2D eigenvalue weighted by atomic mass is 10.1. The fraction of sp³-hybridized carbons (Fsp3) is 0.333. The van der Waals surface area contributed by atoms with Crippen LogP contribution in [0.3, 0.4) is 0 Å². The van der Waals surface area contributed by atoms with Gasteiger partial charge in [0.2, 0.25) is 0 Å². The standard InChI is InChI=1S/C15H18ClN3/c1-4-12-5-6-13(14(16)7-12)8-17-15-10(2)11(3)18-9-19-15/h5-7,9H,4,8H2,1-3H3,(H,17,18,19). The predicted octanol–water partition coefficient (Wildman–Crippen LogP) is 3.92. The van der Waals surface area contributed by atoms with Gasteiger partial charge in [0.05, 0.1) is 0 Å². The van der Waals surface area contributed by atoms with Crippen LogP contribution in [0.25, 0.3) is 0 Å². The second kappa shape index (κ2) is 6.02. The molecule has 1 N–H and O–H groups in total. The van der Waals surface area contributed by atoms with Crippen LogP contribution in [-0.2, 0) is 13.0 Å². The van der Waals surface area contributed by atoms with Crippen molar-refractivity contribution in [1.82, 2.24) is 9.97 Å². The number of benzene rings is 1. The lowest BCUT2D eigenvalue weighted by Gasteiger charge is -2.11. The highest BCUT2D eigenvalue weighted by Gasteiger charge is 2.05. The van der Waals surface area contributed by atoms with Crippen molar-refractivity contribution in [3.05, 3.63) is 51.9 Å². The molecule has 100 valence electrons. The van der Waals surface area contributed by atoms with Gasteiger partial charge in [-0.2, -0.15) is 0 Å². The first-order valence-corrected chi connectivity index (χ1v) is 6.79. The number of anilines is 1. The van der Waals surface area contributed by atoms with Crippen LogP contribution in [0.15, 0.2) is 24.5 Å². The molecule has 0 spiro atoms. The summed E-state index contributed by atoms with van der Waals surface area (Å²) in [6, 6.07) is 6.20. The molecule has 0 unspecified atom stereocenters. The number of hydrogen-bond acceptors (Lipinski definition) is 3. The van der Waals surface area contributed by atoms with Gasteiger partial charge in [-0.25, -0.2) is 9.97 Å². The molecule has 0 amide bonds. The number of halogens is 1. The number of nitrogens with one attached hydrogen (secondary N) is 1. The van der Waals surface area contributed by atoms with Crippen LogP contribution in [0.1, 0.15) is 29.3 Å². The minimum absolute atomic E-state index is 0.667. The zero-order chi connectivity index (χ0) is 13.8. The molecule has 0 saturated heterocycles. The number of rotatable bonds is 4. The summed E-state index contributed by atoms with van der Waals surface area (Å²) in [7, 11) is 0. The molecule has 0 aliphatic rings. The van der Waals surface area contributed by atoms with Crippen molar-refractivity contribution in [3.63, 3.8) is 0 Å². The summed E-state index contributed by atoms with van der Waals surface area (Å²) in [6.45, 7) is 6.78. The van der Waals surface area contributed by atoms with Crippen molar-refractivity contribution in [2.75, 3.05) is 5.32 Å². The maximum absolute atomic E-state index is 6.27. The van der Waals surface area contributed by atoms with Crippen LogP contribution < -0.4 is 5.32 Å². The van der Waals surface area contributed by atoms with Crippen LogP contribution in [0, 0.1) is 13.8 Å². The highest BCUT2D eigenvalue weighted by molar-refractivity contribution is 6.31. The number of hydrogen-bond donors (Lipinski definition) is 1. The first-order chi connectivity index (χ1) is 9.11. The van der Waals surface area contributed by atoms with E-state index in [9.17, 15) is 0 Å². The maximum Gasteiger partial charge on any atom is 0.132 e. The zero-order valence-electron chi connectivity index (χ0n) is 11.5. The summed E-state index contributed by atoms with van der Waals surface area (Å²) in [5, 5.41) is 4.11. The van der Waals surface area contributed by atoms with E-state index in [4.69, 9.17) is 11.6 Å². The predicted molar refractivity (Wildman–Crippen MR) is 79.7 cm³/mol. The van der Waals surface area contributed by atoms with E-state index < -0.39 is 0 Å². The molecule has 1 heterocycles. The molecule has 19 heavy (non-hydrogen) atoms. The van der Waals surface area contributed by atoms with E-state index in [1.54, 1.807) is 6.33 Å². The molecule has 1 aromatic carbocycles. The fourth-order valence-electron chi connectivity index (χ4n) is 1.85. The summed E-state index contributed by atoms with van der Waals surface area (Å²) in [5.74, 6) is 0.864. The van der Waals surface area contributed by atoms with Crippen LogP contribution in [-0.4, -0.2) is 9.97 Å². The van der Waals surface area contributed by atoms with Crippen molar-refractivity contribution in [1.29, 1.82) is 0 Å². The van der Waals surface area contributed by atoms with Crippen LogP contribution in [0.5, 0.6) is 0 Å². The Morgan fingerprint density at radius 3 is 2.68 bits per heavy atom. The Bertz CT molecular complexity index is 582. The van der Waals surface area contributed by atoms with Gasteiger partial charge in [-0.1, -0.05) is 30.7 Å². The average molecular weight is 276 g/mol. The van der Waals surface area contributed by atoms with Crippen molar-refractivity contribution in [3.8, 4) is 0 Å². The largest absolute Gasteiger partial charge is 0.366 e. The molecule has 2 rings (SSSR count). The Morgan fingerprint density at radius 1 is 1.21 bits per heavy atom. The molecule has 0 aliphatic carbocycles. The summed E-state index contributed by atoms with van der Waals surface area (Å²) in [4.78, 5) is 8.41. The molecule has 1 aromatic heterocycles. The maximum atomic E-state index is 6.27.